The molecule has 0 radical (unpaired) electrons. The highest BCUT2D eigenvalue weighted by Crippen LogP contribution is 2.16. The molecule has 2 heterocycles. The SMILES string of the molecule is CN(C)C1CCCN(Cc2ccc(O)cn2)C1. The molecule has 0 aliphatic carbocycles. The van der Waals surface area contributed by atoms with Gasteiger partial charge in [-0.2, -0.15) is 0 Å². The first-order valence-electron chi connectivity index (χ1n) is 6.18. The van der Waals surface area contributed by atoms with Crippen molar-refractivity contribution < 1.29 is 5.11 Å². The Morgan fingerprint density at radius 1 is 1.47 bits per heavy atom. The zero-order valence-corrected chi connectivity index (χ0v) is 10.6. The molecule has 1 unspecified atom stereocenters. The van der Waals surface area contributed by atoms with E-state index < -0.39 is 0 Å². The number of hydrogen-bond donors (Lipinski definition) is 1. The Kier molecular flexibility index (Phi) is 3.97. The van der Waals surface area contributed by atoms with Crippen molar-refractivity contribution in [2.75, 3.05) is 27.2 Å². The van der Waals surface area contributed by atoms with Crippen molar-refractivity contribution in [3.8, 4) is 5.75 Å². The van der Waals surface area contributed by atoms with Crippen LogP contribution < -0.4 is 0 Å². The highest BCUT2D eigenvalue weighted by atomic mass is 16.3. The molecule has 1 saturated heterocycles. The van der Waals surface area contributed by atoms with Crippen molar-refractivity contribution >= 4 is 0 Å². The molecule has 17 heavy (non-hydrogen) atoms. The van der Waals surface area contributed by atoms with Crippen LogP contribution in [-0.4, -0.2) is 53.1 Å². The summed E-state index contributed by atoms with van der Waals surface area (Å²) in [5.74, 6) is 0.235. The van der Waals surface area contributed by atoms with E-state index in [0.717, 1.165) is 25.3 Å². The van der Waals surface area contributed by atoms with E-state index in [4.69, 9.17) is 0 Å². The van der Waals surface area contributed by atoms with Crippen LogP contribution in [0.1, 0.15) is 18.5 Å². The van der Waals surface area contributed by atoms with Gasteiger partial charge in [-0.25, -0.2) is 0 Å². The fourth-order valence-corrected chi connectivity index (χ4v) is 2.34. The molecule has 4 nitrogen and oxygen atoms in total. The Hall–Kier alpha value is -1.13. The first-order chi connectivity index (χ1) is 8.15. The molecule has 94 valence electrons. The van der Waals surface area contributed by atoms with Gasteiger partial charge in [0.2, 0.25) is 0 Å². The summed E-state index contributed by atoms with van der Waals surface area (Å²) >= 11 is 0. The number of piperidine rings is 1. The number of pyridine rings is 1. The maximum atomic E-state index is 9.19. The van der Waals surface area contributed by atoms with Gasteiger partial charge in [0.15, 0.2) is 0 Å². The summed E-state index contributed by atoms with van der Waals surface area (Å²) < 4.78 is 0. The molecule has 0 aromatic carbocycles. The van der Waals surface area contributed by atoms with Crippen LogP contribution in [0.15, 0.2) is 18.3 Å². The molecule has 0 amide bonds. The lowest BCUT2D eigenvalue weighted by atomic mass is 10.0. The first kappa shape index (κ1) is 12.3. The fourth-order valence-electron chi connectivity index (χ4n) is 2.34. The number of aromatic nitrogens is 1. The summed E-state index contributed by atoms with van der Waals surface area (Å²) in [6.07, 6.45) is 4.05. The standard InChI is InChI=1S/C13H21N3O/c1-15(2)12-4-3-7-16(10-12)9-11-5-6-13(17)8-14-11/h5-6,8,12,17H,3-4,7,9-10H2,1-2H3. The van der Waals surface area contributed by atoms with Gasteiger partial charge >= 0.3 is 0 Å². The van der Waals surface area contributed by atoms with Gasteiger partial charge in [0.05, 0.1) is 11.9 Å². The third-order valence-corrected chi connectivity index (χ3v) is 3.41. The molecule has 1 aromatic rings. The number of rotatable bonds is 3. The number of likely N-dealkylation sites (N-methyl/N-ethyl adjacent to an activating group) is 1. The lowest BCUT2D eigenvalue weighted by Gasteiger charge is -2.35. The molecule has 2 rings (SSSR count). The highest BCUT2D eigenvalue weighted by Gasteiger charge is 2.21. The van der Waals surface area contributed by atoms with Gasteiger partial charge in [-0.05, 0) is 45.6 Å². The largest absolute Gasteiger partial charge is 0.506 e. The number of nitrogens with zero attached hydrogens (tertiary/aromatic N) is 3. The van der Waals surface area contributed by atoms with Crippen LogP contribution >= 0.6 is 0 Å². The molecule has 1 N–H and O–H groups in total. The van der Waals surface area contributed by atoms with Crippen molar-refractivity contribution in [2.24, 2.45) is 0 Å². The molecular weight excluding hydrogens is 214 g/mol. The number of aromatic hydroxyl groups is 1. The fraction of sp³-hybridized carbons (Fsp3) is 0.615. The third-order valence-electron chi connectivity index (χ3n) is 3.41. The predicted octanol–water partition coefficient (Wildman–Crippen LogP) is 1.31. The maximum Gasteiger partial charge on any atom is 0.133 e. The lowest BCUT2D eigenvalue weighted by molar-refractivity contribution is 0.127. The Bertz CT molecular complexity index is 350. The zero-order chi connectivity index (χ0) is 12.3. The van der Waals surface area contributed by atoms with Gasteiger partial charge in [-0.1, -0.05) is 0 Å². The van der Waals surface area contributed by atoms with E-state index in [1.54, 1.807) is 6.07 Å². The summed E-state index contributed by atoms with van der Waals surface area (Å²) in [5, 5.41) is 9.19. The van der Waals surface area contributed by atoms with E-state index in [-0.39, 0.29) is 5.75 Å². The van der Waals surface area contributed by atoms with Crippen LogP contribution in [-0.2, 0) is 6.54 Å². The van der Waals surface area contributed by atoms with Gasteiger partial charge in [-0.15, -0.1) is 0 Å². The van der Waals surface area contributed by atoms with Gasteiger partial charge in [-0.3, -0.25) is 9.88 Å². The molecule has 4 heteroatoms. The molecule has 1 fully saturated rings. The van der Waals surface area contributed by atoms with E-state index in [2.05, 4.69) is 28.9 Å². The van der Waals surface area contributed by atoms with Crippen LogP contribution in [0.2, 0.25) is 0 Å². The summed E-state index contributed by atoms with van der Waals surface area (Å²) in [4.78, 5) is 8.98. The van der Waals surface area contributed by atoms with Crippen molar-refractivity contribution in [3.63, 3.8) is 0 Å². The minimum absolute atomic E-state index is 0.235. The quantitative estimate of drug-likeness (QED) is 0.857. The zero-order valence-electron chi connectivity index (χ0n) is 10.6. The average Bonchev–Trinajstić information content (AvgIpc) is 2.32. The Balaban J connectivity index is 1.92. The van der Waals surface area contributed by atoms with E-state index in [9.17, 15) is 5.11 Å². The molecular formula is C13H21N3O. The normalized spacial score (nSPS) is 21.9. The Labute approximate surface area is 103 Å². The number of likely N-dealkylation sites (tertiary alicyclic amines) is 1. The molecule has 1 aromatic heterocycles. The first-order valence-corrected chi connectivity index (χ1v) is 6.18. The summed E-state index contributed by atoms with van der Waals surface area (Å²) in [7, 11) is 4.29. The molecule has 0 bridgehead atoms. The van der Waals surface area contributed by atoms with Gasteiger partial charge in [0, 0.05) is 19.1 Å². The summed E-state index contributed by atoms with van der Waals surface area (Å²) in [6.45, 7) is 3.13. The van der Waals surface area contributed by atoms with E-state index in [0.29, 0.717) is 6.04 Å². The topological polar surface area (TPSA) is 39.6 Å². The Morgan fingerprint density at radius 3 is 2.94 bits per heavy atom. The van der Waals surface area contributed by atoms with Crippen molar-refractivity contribution in [2.45, 2.75) is 25.4 Å². The second kappa shape index (κ2) is 5.47. The van der Waals surface area contributed by atoms with Crippen LogP contribution in [0.5, 0.6) is 5.75 Å². The van der Waals surface area contributed by atoms with Crippen molar-refractivity contribution in [3.05, 3.63) is 24.0 Å². The number of hydrogen-bond acceptors (Lipinski definition) is 4. The maximum absolute atomic E-state index is 9.19. The van der Waals surface area contributed by atoms with Crippen LogP contribution in [0.25, 0.3) is 0 Å². The molecule has 0 spiro atoms. The third kappa shape index (κ3) is 3.41. The van der Waals surface area contributed by atoms with E-state index >= 15 is 0 Å². The van der Waals surface area contributed by atoms with Crippen LogP contribution in [0.4, 0.5) is 0 Å². The van der Waals surface area contributed by atoms with Gasteiger partial charge in [0.1, 0.15) is 5.75 Å². The van der Waals surface area contributed by atoms with E-state index in [1.807, 2.05) is 6.07 Å². The van der Waals surface area contributed by atoms with Gasteiger partial charge in [0.25, 0.3) is 0 Å². The van der Waals surface area contributed by atoms with Crippen LogP contribution in [0.3, 0.4) is 0 Å². The Morgan fingerprint density at radius 2 is 2.29 bits per heavy atom. The molecule has 1 atom stereocenters. The predicted molar refractivity (Wildman–Crippen MR) is 67.9 cm³/mol. The molecule has 1 aliphatic heterocycles. The lowest BCUT2D eigenvalue weighted by Crippen LogP contribution is -2.44. The van der Waals surface area contributed by atoms with Crippen molar-refractivity contribution in [1.29, 1.82) is 0 Å². The van der Waals surface area contributed by atoms with Crippen LogP contribution in [0, 0.1) is 0 Å². The second-order valence-corrected chi connectivity index (χ2v) is 5.00. The van der Waals surface area contributed by atoms with Gasteiger partial charge < -0.3 is 10.0 Å². The van der Waals surface area contributed by atoms with Crippen molar-refractivity contribution in [1.82, 2.24) is 14.8 Å². The minimum atomic E-state index is 0.235. The smallest absolute Gasteiger partial charge is 0.133 e. The highest BCUT2D eigenvalue weighted by molar-refractivity contribution is 5.17. The second-order valence-electron chi connectivity index (χ2n) is 5.00. The molecule has 0 saturated carbocycles. The van der Waals surface area contributed by atoms with E-state index in [1.165, 1.54) is 19.0 Å². The summed E-state index contributed by atoms with van der Waals surface area (Å²) in [5.41, 5.74) is 1.03. The average molecular weight is 235 g/mol. The molecule has 1 aliphatic rings. The summed E-state index contributed by atoms with van der Waals surface area (Å²) in [6, 6.07) is 4.26. The monoisotopic (exact) mass is 235 g/mol. The minimum Gasteiger partial charge on any atom is -0.506 e.